The zero-order valence-electron chi connectivity index (χ0n) is 17.0. The molecule has 1 heterocycles. The van der Waals surface area contributed by atoms with E-state index in [1.807, 2.05) is 73.7 Å². The van der Waals surface area contributed by atoms with Crippen LogP contribution in [0.25, 0.3) is 0 Å². The molecule has 0 saturated carbocycles. The smallest absolute Gasteiger partial charge is 0.235 e. The van der Waals surface area contributed by atoms with Crippen molar-refractivity contribution in [1.29, 1.82) is 0 Å². The second-order valence-corrected chi connectivity index (χ2v) is 7.25. The quantitative estimate of drug-likeness (QED) is 0.580. The fourth-order valence-electron chi connectivity index (χ4n) is 3.33. The van der Waals surface area contributed by atoms with Crippen LogP contribution in [0.4, 0.5) is 11.4 Å². The molecule has 0 fully saturated rings. The van der Waals surface area contributed by atoms with E-state index in [4.69, 9.17) is 4.42 Å². The van der Waals surface area contributed by atoms with E-state index < -0.39 is 5.92 Å². The summed E-state index contributed by atoms with van der Waals surface area (Å²) in [6.45, 7) is 1.86. The van der Waals surface area contributed by atoms with E-state index in [1.54, 1.807) is 36.2 Å². The van der Waals surface area contributed by atoms with Crippen molar-refractivity contribution in [1.82, 2.24) is 4.90 Å². The van der Waals surface area contributed by atoms with Gasteiger partial charge in [-0.2, -0.15) is 0 Å². The Bertz CT molecular complexity index is 882. The maximum Gasteiger partial charge on any atom is 0.235 e. The predicted octanol–water partition coefficient (Wildman–Crippen LogP) is 4.84. The molecule has 2 amide bonds. The van der Waals surface area contributed by atoms with Gasteiger partial charge >= 0.3 is 0 Å². The molecule has 5 heteroatoms. The third kappa shape index (κ3) is 4.74. The number of nitrogens with zero attached hydrogens (tertiary/aromatic N) is 2. The Hall–Kier alpha value is -3.34. The first-order valence-electron chi connectivity index (χ1n) is 9.66. The van der Waals surface area contributed by atoms with Crippen molar-refractivity contribution in [2.45, 2.75) is 19.3 Å². The molecule has 150 valence electrons. The summed E-state index contributed by atoms with van der Waals surface area (Å²) in [6, 6.07) is 22.7. The molecular weight excluding hydrogens is 364 g/mol. The highest BCUT2D eigenvalue weighted by Gasteiger charge is 2.34. The molecule has 0 spiro atoms. The third-order valence-electron chi connectivity index (χ3n) is 5.04. The van der Waals surface area contributed by atoms with Crippen molar-refractivity contribution in [3.8, 4) is 0 Å². The van der Waals surface area contributed by atoms with E-state index in [2.05, 4.69) is 0 Å². The van der Waals surface area contributed by atoms with E-state index in [-0.39, 0.29) is 24.2 Å². The summed E-state index contributed by atoms with van der Waals surface area (Å²) in [7, 11) is 3.43. The largest absolute Gasteiger partial charge is 0.469 e. The molecule has 0 aliphatic rings. The standard InChI is InChI=1S/C24H26N2O3/c1-18(21(17-23(27)25(2)3)22-15-10-16-29-22)24(28)26(19-11-6-4-7-12-19)20-13-8-5-9-14-20/h4-16,18,21H,17H2,1-3H3/t18-,21-/m0/s1. The number of carbonyl (C=O) groups is 2. The lowest BCUT2D eigenvalue weighted by Crippen LogP contribution is -2.36. The number of benzene rings is 2. The minimum atomic E-state index is -0.467. The molecule has 1 aromatic heterocycles. The fourth-order valence-corrected chi connectivity index (χ4v) is 3.33. The minimum absolute atomic E-state index is 0.0444. The Morgan fingerprint density at radius 3 is 1.86 bits per heavy atom. The molecule has 5 nitrogen and oxygen atoms in total. The van der Waals surface area contributed by atoms with Crippen LogP contribution in [0.15, 0.2) is 83.5 Å². The zero-order chi connectivity index (χ0) is 20.8. The number of amides is 2. The van der Waals surface area contributed by atoms with Gasteiger partial charge in [0.15, 0.2) is 0 Å². The Morgan fingerprint density at radius 2 is 1.41 bits per heavy atom. The van der Waals surface area contributed by atoms with Gasteiger partial charge in [-0.25, -0.2) is 0 Å². The normalized spacial score (nSPS) is 12.8. The van der Waals surface area contributed by atoms with Crippen molar-refractivity contribution < 1.29 is 14.0 Å². The van der Waals surface area contributed by atoms with E-state index in [1.165, 1.54) is 0 Å². The Kier molecular flexibility index (Phi) is 6.50. The van der Waals surface area contributed by atoms with Crippen LogP contribution in [0.5, 0.6) is 0 Å². The summed E-state index contributed by atoms with van der Waals surface area (Å²) < 4.78 is 5.60. The molecule has 2 atom stereocenters. The van der Waals surface area contributed by atoms with Gasteiger partial charge in [-0.1, -0.05) is 43.3 Å². The van der Waals surface area contributed by atoms with Gasteiger partial charge < -0.3 is 9.32 Å². The number of furan rings is 1. The number of rotatable bonds is 7. The van der Waals surface area contributed by atoms with Crippen molar-refractivity contribution in [3.63, 3.8) is 0 Å². The maximum absolute atomic E-state index is 13.7. The van der Waals surface area contributed by atoms with Crippen LogP contribution in [0, 0.1) is 5.92 Å². The van der Waals surface area contributed by atoms with Crippen LogP contribution in [-0.2, 0) is 9.59 Å². The van der Waals surface area contributed by atoms with Crippen LogP contribution in [0.2, 0.25) is 0 Å². The first-order chi connectivity index (χ1) is 14.0. The molecule has 2 aromatic carbocycles. The minimum Gasteiger partial charge on any atom is -0.469 e. The average molecular weight is 390 g/mol. The van der Waals surface area contributed by atoms with Gasteiger partial charge in [0.25, 0.3) is 0 Å². The Morgan fingerprint density at radius 1 is 0.862 bits per heavy atom. The number of carbonyl (C=O) groups excluding carboxylic acids is 2. The van der Waals surface area contributed by atoms with Gasteiger partial charge in [0.05, 0.1) is 6.26 Å². The lowest BCUT2D eigenvalue weighted by molar-refractivity contribution is -0.130. The summed E-state index contributed by atoms with van der Waals surface area (Å²) in [5, 5.41) is 0. The van der Waals surface area contributed by atoms with E-state index in [0.29, 0.717) is 5.76 Å². The summed E-state index contributed by atoms with van der Waals surface area (Å²) in [5.74, 6) is -0.317. The van der Waals surface area contributed by atoms with Crippen molar-refractivity contribution in [3.05, 3.63) is 84.8 Å². The lowest BCUT2D eigenvalue weighted by Gasteiger charge is -2.29. The highest BCUT2D eigenvalue weighted by Crippen LogP contribution is 2.34. The molecule has 3 aromatic rings. The number of hydrogen-bond acceptors (Lipinski definition) is 3. The molecule has 0 aliphatic carbocycles. The molecule has 0 N–H and O–H groups in total. The fraction of sp³-hybridized carbons (Fsp3) is 0.250. The van der Waals surface area contributed by atoms with Crippen molar-refractivity contribution in [2.75, 3.05) is 19.0 Å². The molecule has 0 bridgehead atoms. The summed E-state index contributed by atoms with van der Waals surface area (Å²) in [5.41, 5.74) is 1.57. The molecule has 0 radical (unpaired) electrons. The highest BCUT2D eigenvalue weighted by molar-refractivity contribution is 6.02. The van der Waals surface area contributed by atoms with Crippen LogP contribution >= 0.6 is 0 Å². The van der Waals surface area contributed by atoms with Gasteiger partial charge in [0, 0.05) is 43.7 Å². The first kappa shape index (κ1) is 20.4. The topological polar surface area (TPSA) is 53.8 Å². The lowest BCUT2D eigenvalue weighted by atomic mass is 9.86. The zero-order valence-corrected chi connectivity index (χ0v) is 17.0. The van der Waals surface area contributed by atoms with Crippen molar-refractivity contribution >= 4 is 23.2 Å². The molecule has 0 saturated heterocycles. The Labute approximate surface area is 171 Å². The molecular formula is C24H26N2O3. The van der Waals surface area contributed by atoms with Gasteiger partial charge in [-0.15, -0.1) is 0 Å². The van der Waals surface area contributed by atoms with Gasteiger partial charge in [-0.05, 0) is 36.4 Å². The Balaban J connectivity index is 1.97. The first-order valence-corrected chi connectivity index (χ1v) is 9.66. The summed E-state index contributed by atoms with van der Waals surface area (Å²) in [4.78, 5) is 29.4. The summed E-state index contributed by atoms with van der Waals surface area (Å²) >= 11 is 0. The predicted molar refractivity (Wildman–Crippen MR) is 114 cm³/mol. The van der Waals surface area contributed by atoms with Crippen LogP contribution in [0.3, 0.4) is 0 Å². The van der Waals surface area contributed by atoms with Crippen LogP contribution in [-0.4, -0.2) is 30.8 Å². The summed E-state index contributed by atoms with van der Waals surface area (Å²) in [6.07, 6.45) is 1.77. The highest BCUT2D eigenvalue weighted by atomic mass is 16.3. The molecule has 0 aliphatic heterocycles. The number of anilines is 2. The number of hydrogen-bond donors (Lipinski definition) is 0. The van der Waals surface area contributed by atoms with E-state index in [0.717, 1.165) is 11.4 Å². The molecule has 29 heavy (non-hydrogen) atoms. The maximum atomic E-state index is 13.7. The van der Waals surface area contributed by atoms with E-state index >= 15 is 0 Å². The second-order valence-electron chi connectivity index (χ2n) is 7.25. The van der Waals surface area contributed by atoms with Crippen molar-refractivity contribution in [2.24, 2.45) is 5.92 Å². The van der Waals surface area contributed by atoms with Crippen LogP contribution < -0.4 is 4.90 Å². The van der Waals surface area contributed by atoms with E-state index in [9.17, 15) is 9.59 Å². The number of para-hydroxylation sites is 2. The second kappa shape index (κ2) is 9.24. The van der Waals surface area contributed by atoms with Crippen LogP contribution in [0.1, 0.15) is 25.0 Å². The van der Waals surface area contributed by atoms with Gasteiger partial charge in [0.1, 0.15) is 5.76 Å². The molecule has 3 rings (SSSR count). The SMILES string of the molecule is C[C@H](C(=O)N(c1ccccc1)c1ccccc1)[C@H](CC(=O)N(C)C)c1ccco1. The monoisotopic (exact) mass is 390 g/mol. The molecule has 0 unspecified atom stereocenters. The third-order valence-corrected chi connectivity index (χ3v) is 5.04. The van der Waals surface area contributed by atoms with Gasteiger partial charge in [-0.3, -0.25) is 14.5 Å². The average Bonchev–Trinajstić information content (AvgIpc) is 3.27. The van der Waals surface area contributed by atoms with Gasteiger partial charge in [0.2, 0.25) is 11.8 Å².